The smallest absolute Gasteiger partial charge is 0.228 e. The van der Waals surface area contributed by atoms with E-state index in [1.165, 1.54) is 11.3 Å². The molecule has 0 aromatic carbocycles. The van der Waals surface area contributed by atoms with E-state index in [2.05, 4.69) is 4.98 Å². The van der Waals surface area contributed by atoms with Gasteiger partial charge in [-0.3, -0.25) is 4.79 Å². The van der Waals surface area contributed by atoms with Gasteiger partial charge in [-0.05, 0) is 12.8 Å². The molecule has 1 aliphatic heterocycles. The molecule has 1 aromatic rings. The Bertz CT molecular complexity index is 326. The van der Waals surface area contributed by atoms with Gasteiger partial charge < -0.3 is 10.0 Å². The fraction of sp³-hybridized carbons (Fsp3) is 0.600. The summed E-state index contributed by atoms with van der Waals surface area (Å²) in [5.74, 6) is 0.0810. The fourth-order valence-electron chi connectivity index (χ4n) is 1.94. The molecule has 0 spiro atoms. The maximum Gasteiger partial charge on any atom is 0.228 e. The Labute approximate surface area is 92.6 Å². The third kappa shape index (κ3) is 2.35. The highest BCUT2D eigenvalue weighted by Crippen LogP contribution is 2.18. The zero-order valence-electron chi connectivity index (χ0n) is 8.43. The number of likely N-dealkylation sites (tertiary alicyclic amines) is 1. The number of thiazole rings is 1. The highest BCUT2D eigenvalue weighted by molar-refractivity contribution is 7.07. The van der Waals surface area contributed by atoms with E-state index in [1.807, 2.05) is 5.38 Å². The Kier molecular flexibility index (Phi) is 3.33. The van der Waals surface area contributed by atoms with Crippen molar-refractivity contribution in [1.82, 2.24) is 9.88 Å². The van der Waals surface area contributed by atoms with Crippen molar-refractivity contribution in [2.75, 3.05) is 13.2 Å². The average molecular weight is 226 g/mol. The highest BCUT2D eigenvalue weighted by Gasteiger charge is 2.27. The third-order valence-corrected chi connectivity index (χ3v) is 3.36. The summed E-state index contributed by atoms with van der Waals surface area (Å²) < 4.78 is 0. The van der Waals surface area contributed by atoms with E-state index in [1.54, 1.807) is 10.4 Å². The van der Waals surface area contributed by atoms with Crippen molar-refractivity contribution in [3.05, 3.63) is 16.6 Å². The number of aliphatic hydroxyl groups excluding tert-OH is 1. The van der Waals surface area contributed by atoms with E-state index in [0.29, 0.717) is 6.42 Å². The van der Waals surface area contributed by atoms with Crippen LogP contribution < -0.4 is 0 Å². The predicted octanol–water partition coefficient (Wildman–Crippen LogP) is 0.669. The first-order chi connectivity index (χ1) is 7.31. The molecule has 0 aliphatic carbocycles. The average Bonchev–Trinajstić information content (AvgIpc) is 2.86. The van der Waals surface area contributed by atoms with E-state index in [0.717, 1.165) is 25.1 Å². The van der Waals surface area contributed by atoms with Crippen LogP contribution in [-0.4, -0.2) is 40.1 Å². The highest BCUT2D eigenvalue weighted by atomic mass is 32.1. The van der Waals surface area contributed by atoms with Crippen molar-refractivity contribution in [3.8, 4) is 0 Å². The van der Waals surface area contributed by atoms with Crippen LogP contribution >= 0.6 is 11.3 Å². The molecule has 2 rings (SSSR count). The van der Waals surface area contributed by atoms with Crippen LogP contribution in [0.1, 0.15) is 18.5 Å². The van der Waals surface area contributed by atoms with Gasteiger partial charge >= 0.3 is 0 Å². The molecule has 0 bridgehead atoms. The number of aromatic nitrogens is 1. The minimum absolute atomic E-state index is 0.0242. The lowest BCUT2D eigenvalue weighted by Gasteiger charge is -2.22. The summed E-state index contributed by atoms with van der Waals surface area (Å²) in [5, 5.41) is 11.0. The molecule has 15 heavy (non-hydrogen) atoms. The Morgan fingerprint density at radius 1 is 1.73 bits per heavy atom. The second-order valence-electron chi connectivity index (χ2n) is 3.72. The Morgan fingerprint density at radius 3 is 3.27 bits per heavy atom. The lowest BCUT2D eigenvalue weighted by Crippen LogP contribution is -2.38. The molecule has 1 unspecified atom stereocenters. The first-order valence-corrected chi connectivity index (χ1v) is 6.03. The standard InChI is InChI=1S/C10H14N2O2S/c13-5-9-2-1-3-12(9)10(14)4-8-6-15-7-11-8/h6-7,9,13H,1-5H2. The van der Waals surface area contributed by atoms with Crippen LogP contribution in [0.15, 0.2) is 10.9 Å². The zero-order valence-corrected chi connectivity index (χ0v) is 9.24. The van der Waals surface area contributed by atoms with Crippen molar-refractivity contribution in [2.24, 2.45) is 0 Å². The SMILES string of the molecule is O=C(Cc1cscn1)N1CCCC1CO. The number of hydrogen-bond acceptors (Lipinski definition) is 4. The second-order valence-corrected chi connectivity index (χ2v) is 4.44. The summed E-state index contributed by atoms with van der Waals surface area (Å²) in [6, 6.07) is 0.0242. The van der Waals surface area contributed by atoms with Gasteiger partial charge in [0.2, 0.25) is 5.91 Å². The number of aliphatic hydroxyl groups is 1. The van der Waals surface area contributed by atoms with Crippen LogP contribution in [0.2, 0.25) is 0 Å². The molecule has 1 fully saturated rings. The van der Waals surface area contributed by atoms with Crippen molar-refractivity contribution in [1.29, 1.82) is 0 Å². The molecule has 0 saturated carbocycles. The van der Waals surface area contributed by atoms with Gasteiger partial charge in [-0.15, -0.1) is 11.3 Å². The van der Waals surface area contributed by atoms with Gasteiger partial charge in [0, 0.05) is 11.9 Å². The van der Waals surface area contributed by atoms with Gasteiger partial charge in [-0.25, -0.2) is 4.98 Å². The number of carbonyl (C=O) groups excluding carboxylic acids is 1. The summed E-state index contributed by atoms with van der Waals surface area (Å²) in [6.45, 7) is 0.844. The number of hydrogen-bond donors (Lipinski definition) is 1. The minimum Gasteiger partial charge on any atom is -0.394 e. The molecule has 1 N–H and O–H groups in total. The van der Waals surface area contributed by atoms with Crippen LogP contribution in [0.25, 0.3) is 0 Å². The molecule has 4 nitrogen and oxygen atoms in total. The molecular weight excluding hydrogens is 212 g/mol. The number of amides is 1. The molecule has 2 heterocycles. The summed E-state index contributed by atoms with van der Waals surface area (Å²) >= 11 is 1.50. The summed E-state index contributed by atoms with van der Waals surface area (Å²) in [5.41, 5.74) is 2.56. The van der Waals surface area contributed by atoms with Crippen LogP contribution in [0.4, 0.5) is 0 Å². The van der Waals surface area contributed by atoms with Gasteiger partial charge in [0.05, 0.1) is 30.3 Å². The Balaban J connectivity index is 1.96. The topological polar surface area (TPSA) is 53.4 Å². The van der Waals surface area contributed by atoms with Gasteiger partial charge in [0.1, 0.15) is 0 Å². The molecule has 1 aromatic heterocycles. The lowest BCUT2D eigenvalue weighted by molar-refractivity contribution is -0.132. The summed E-state index contributed by atoms with van der Waals surface area (Å²) in [6.07, 6.45) is 2.27. The lowest BCUT2D eigenvalue weighted by atomic mass is 10.2. The predicted molar refractivity (Wildman–Crippen MR) is 57.6 cm³/mol. The second kappa shape index (κ2) is 4.72. The molecule has 1 aliphatic rings. The molecule has 1 amide bonds. The Hall–Kier alpha value is -0.940. The monoisotopic (exact) mass is 226 g/mol. The largest absolute Gasteiger partial charge is 0.394 e. The van der Waals surface area contributed by atoms with Gasteiger partial charge in [-0.1, -0.05) is 0 Å². The first kappa shape index (κ1) is 10.6. The van der Waals surface area contributed by atoms with Gasteiger partial charge in [0.25, 0.3) is 0 Å². The van der Waals surface area contributed by atoms with Crippen molar-refractivity contribution in [3.63, 3.8) is 0 Å². The molecule has 0 radical (unpaired) electrons. The van der Waals surface area contributed by atoms with Crippen molar-refractivity contribution in [2.45, 2.75) is 25.3 Å². The van der Waals surface area contributed by atoms with E-state index < -0.39 is 0 Å². The Morgan fingerprint density at radius 2 is 2.60 bits per heavy atom. The summed E-state index contributed by atoms with van der Waals surface area (Å²) in [4.78, 5) is 17.7. The molecule has 82 valence electrons. The first-order valence-electron chi connectivity index (χ1n) is 5.08. The van der Waals surface area contributed by atoms with Crippen LogP contribution in [0.5, 0.6) is 0 Å². The van der Waals surface area contributed by atoms with Crippen molar-refractivity contribution < 1.29 is 9.90 Å². The number of nitrogens with zero attached hydrogens (tertiary/aromatic N) is 2. The van der Waals surface area contributed by atoms with Crippen LogP contribution in [-0.2, 0) is 11.2 Å². The number of rotatable bonds is 3. The maximum atomic E-state index is 11.9. The van der Waals surface area contributed by atoms with Crippen molar-refractivity contribution >= 4 is 17.2 Å². The molecule has 1 atom stereocenters. The fourth-order valence-corrected chi connectivity index (χ4v) is 2.49. The quantitative estimate of drug-likeness (QED) is 0.824. The molecule has 1 saturated heterocycles. The van der Waals surface area contributed by atoms with E-state index in [9.17, 15) is 4.79 Å². The van der Waals surface area contributed by atoms with E-state index in [4.69, 9.17) is 5.11 Å². The van der Waals surface area contributed by atoms with E-state index >= 15 is 0 Å². The summed E-state index contributed by atoms with van der Waals surface area (Å²) in [7, 11) is 0. The molecule has 5 heteroatoms. The molecular formula is C10H14N2O2S. The number of carbonyl (C=O) groups is 1. The van der Waals surface area contributed by atoms with E-state index in [-0.39, 0.29) is 18.6 Å². The van der Waals surface area contributed by atoms with Crippen LogP contribution in [0.3, 0.4) is 0 Å². The van der Waals surface area contributed by atoms with Gasteiger partial charge in [0.15, 0.2) is 0 Å². The maximum absolute atomic E-state index is 11.9. The minimum atomic E-state index is 0.0242. The van der Waals surface area contributed by atoms with Crippen LogP contribution in [0, 0.1) is 0 Å². The normalized spacial score (nSPS) is 20.9. The van der Waals surface area contributed by atoms with Gasteiger partial charge in [-0.2, -0.15) is 0 Å². The zero-order chi connectivity index (χ0) is 10.7. The third-order valence-electron chi connectivity index (χ3n) is 2.72.